The second-order valence-corrected chi connectivity index (χ2v) is 5.99. The predicted octanol–water partition coefficient (Wildman–Crippen LogP) is 4.64. The zero-order chi connectivity index (χ0) is 16.8. The third-order valence-corrected chi connectivity index (χ3v) is 4.01. The Morgan fingerprint density at radius 2 is 1.91 bits per heavy atom. The van der Waals surface area contributed by atoms with Crippen LogP contribution in [0.4, 0.5) is 14.5 Å². The molecule has 0 aliphatic rings. The summed E-state index contributed by atoms with van der Waals surface area (Å²) in [5, 5.41) is 2.59. The maximum absolute atomic E-state index is 12.5. The quantitative estimate of drug-likeness (QED) is 0.781. The molecular weight excluding hydrogens is 320 g/mol. The van der Waals surface area contributed by atoms with Crippen molar-refractivity contribution in [3.63, 3.8) is 0 Å². The van der Waals surface area contributed by atoms with E-state index in [-0.39, 0.29) is 6.61 Å². The number of thioether (sulfide) groups is 1. The normalized spacial score (nSPS) is 10.7. The van der Waals surface area contributed by atoms with Crippen LogP contribution in [0.1, 0.15) is 11.1 Å². The van der Waals surface area contributed by atoms with Crippen molar-refractivity contribution < 1.29 is 18.3 Å². The van der Waals surface area contributed by atoms with Crippen molar-refractivity contribution in [2.45, 2.75) is 24.5 Å². The lowest BCUT2D eigenvalue weighted by Crippen LogP contribution is -2.20. The molecule has 0 bridgehead atoms. The lowest BCUT2D eigenvalue weighted by Gasteiger charge is -2.11. The third-order valence-electron chi connectivity index (χ3n) is 3.23. The first kappa shape index (κ1) is 17.3. The Morgan fingerprint density at radius 3 is 2.61 bits per heavy atom. The maximum Gasteiger partial charge on any atom is 0.288 e. The first-order chi connectivity index (χ1) is 11.0. The van der Waals surface area contributed by atoms with E-state index in [1.54, 1.807) is 24.3 Å². The van der Waals surface area contributed by atoms with E-state index in [4.69, 9.17) is 4.74 Å². The van der Waals surface area contributed by atoms with Crippen LogP contribution in [-0.4, -0.2) is 18.3 Å². The number of benzene rings is 2. The first-order valence-electron chi connectivity index (χ1n) is 6.99. The topological polar surface area (TPSA) is 38.3 Å². The van der Waals surface area contributed by atoms with E-state index in [0.29, 0.717) is 28.1 Å². The summed E-state index contributed by atoms with van der Waals surface area (Å²) in [4.78, 5) is 12.3. The number of carbonyl (C=O) groups excluding carboxylic acids is 1. The van der Waals surface area contributed by atoms with Gasteiger partial charge in [0.05, 0.1) is 5.69 Å². The number of amides is 1. The lowest BCUT2D eigenvalue weighted by molar-refractivity contribution is -0.118. The number of para-hydroxylation sites is 1. The van der Waals surface area contributed by atoms with Crippen molar-refractivity contribution in [3.8, 4) is 5.75 Å². The largest absolute Gasteiger partial charge is 0.484 e. The summed E-state index contributed by atoms with van der Waals surface area (Å²) >= 11 is 0.396. The number of nitrogens with one attached hydrogen (secondary N) is 1. The summed E-state index contributed by atoms with van der Waals surface area (Å²) in [5.41, 5.74) is 2.56. The van der Waals surface area contributed by atoms with Gasteiger partial charge in [-0.05, 0) is 49.2 Å². The molecule has 0 aromatic heterocycles. The molecular formula is C17H17F2NO2S. The number of halogens is 2. The number of rotatable bonds is 6. The van der Waals surface area contributed by atoms with Crippen LogP contribution in [0.3, 0.4) is 0 Å². The highest BCUT2D eigenvalue weighted by Gasteiger charge is 2.12. The molecule has 0 saturated heterocycles. The zero-order valence-electron chi connectivity index (χ0n) is 12.8. The number of aryl methyl sites for hydroxylation is 2. The van der Waals surface area contributed by atoms with Crippen LogP contribution in [0.2, 0.25) is 0 Å². The van der Waals surface area contributed by atoms with Gasteiger partial charge in [0.1, 0.15) is 5.75 Å². The van der Waals surface area contributed by atoms with Crippen LogP contribution >= 0.6 is 11.8 Å². The van der Waals surface area contributed by atoms with E-state index >= 15 is 0 Å². The van der Waals surface area contributed by atoms with E-state index < -0.39 is 11.7 Å². The second-order valence-electron chi connectivity index (χ2n) is 4.96. The number of carbonyl (C=O) groups is 1. The fourth-order valence-electron chi connectivity index (χ4n) is 1.91. The first-order valence-corrected chi connectivity index (χ1v) is 7.87. The number of ether oxygens (including phenoxy) is 1. The minimum atomic E-state index is -2.54. The molecule has 0 spiro atoms. The van der Waals surface area contributed by atoms with E-state index in [0.717, 1.165) is 11.1 Å². The van der Waals surface area contributed by atoms with Crippen LogP contribution in [0, 0.1) is 13.8 Å². The van der Waals surface area contributed by atoms with Crippen LogP contribution in [0.5, 0.6) is 5.75 Å². The van der Waals surface area contributed by atoms with Gasteiger partial charge in [-0.2, -0.15) is 8.78 Å². The van der Waals surface area contributed by atoms with Crippen molar-refractivity contribution in [2.75, 3.05) is 11.9 Å². The Morgan fingerprint density at radius 1 is 1.17 bits per heavy atom. The van der Waals surface area contributed by atoms with Gasteiger partial charge in [0.2, 0.25) is 0 Å². The molecule has 0 aliphatic heterocycles. The number of alkyl halides is 2. The van der Waals surface area contributed by atoms with Gasteiger partial charge in [-0.15, -0.1) is 0 Å². The summed E-state index contributed by atoms with van der Waals surface area (Å²) in [7, 11) is 0. The number of hydrogen-bond acceptors (Lipinski definition) is 3. The molecule has 0 atom stereocenters. The van der Waals surface area contributed by atoms with Crippen molar-refractivity contribution in [1.82, 2.24) is 0 Å². The van der Waals surface area contributed by atoms with Crippen LogP contribution in [0.25, 0.3) is 0 Å². The predicted molar refractivity (Wildman–Crippen MR) is 88.3 cm³/mol. The minimum absolute atomic E-state index is 0.184. The minimum Gasteiger partial charge on any atom is -0.484 e. The Hall–Kier alpha value is -2.08. The molecule has 1 amide bonds. The van der Waals surface area contributed by atoms with Gasteiger partial charge >= 0.3 is 0 Å². The van der Waals surface area contributed by atoms with Crippen molar-refractivity contribution in [2.24, 2.45) is 0 Å². The summed E-state index contributed by atoms with van der Waals surface area (Å²) in [6.45, 7) is 3.76. The summed E-state index contributed by atoms with van der Waals surface area (Å²) in [6, 6.07) is 12.0. The van der Waals surface area contributed by atoms with Crippen LogP contribution < -0.4 is 10.1 Å². The zero-order valence-corrected chi connectivity index (χ0v) is 13.6. The average molecular weight is 337 g/mol. The van der Waals surface area contributed by atoms with Crippen molar-refractivity contribution in [3.05, 3.63) is 53.6 Å². The van der Waals surface area contributed by atoms with Crippen molar-refractivity contribution >= 4 is 23.4 Å². The van der Waals surface area contributed by atoms with Gasteiger partial charge in [-0.1, -0.05) is 30.0 Å². The molecule has 0 saturated carbocycles. The van der Waals surface area contributed by atoms with Gasteiger partial charge in [0.25, 0.3) is 11.7 Å². The Bertz CT molecular complexity index is 692. The lowest BCUT2D eigenvalue weighted by atomic mass is 10.1. The summed E-state index contributed by atoms with van der Waals surface area (Å²) in [5.74, 6) is -2.34. The standard InChI is InChI=1S/C17H17F2NO2S/c1-11-7-8-13(9-12(11)2)22-10-16(21)20-14-5-3-4-6-15(14)23-17(18)19/h3-9,17H,10H2,1-2H3,(H,20,21). The molecule has 0 heterocycles. The van der Waals surface area contributed by atoms with Gasteiger partial charge in [0.15, 0.2) is 6.61 Å². The monoisotopic (exact) mass is 337 g/mol. The molecule has 23 heavy (non-hydrogen) atoms. The number of anilines is 1. The highest BCUT2D eigenvalue weighted by atomic mass is 32.2. The molecule has 1 N–H and O–H groups in total. The third kappa shape index (κ3) is 5.25. The highest BCUT2D eigenvalue weighted by Crippen LogP contribution is 2.31. The van der Waals surface area contributed by atoms with Gasteiger partial charge < -0.3 is 10.1 Å². The van der Waals surface area contributed by atoms with E-state index in [2.05, 4.69) is 5.32 Å². The number of hydrogen-bond donors (Lipinski definition) is 1. The summed E-state index contributed by atoms with van der Waals surface area (Å²) in [6.07, 6.45) is 0. The smallest absolute Gasteiger partial charge is 0.288 e. The van der Waals surface area contributed by atoms with E-state index in [1.807, 2.05) is 26.0 Å². The highest BCUT2D eigenvalue weighted by molar-refractivity contribution is 7.99. The molecule has 0 radical (unpaired) electrons. The van der Waals surface area contributed by atoms with Crippen LogP contribution in [-0.2, 0) is 4.79 Å². The molecule has 2 aromatic rings. The van der Waals surface area contributed by atoms with Crippen molar-refractivity contribution in [1.29, 1.82) is 0 Å². The van der Waals surface area contributed by atoms with E-state index in [1.165, 1.54) is 6.07 Å². The molecule has 2 aromatic carbocycles. The molecule has 0 unspecified atom stereocenters. The SMILES string of the molecule is Cc1ccc(OCC(=O)Nc2ccccc2SC(F)F)cc1C. The Labute approximate surface area is 138 Å². The maximum atomic E-state index is 12.5. The molecule has 2 rings (SSSR count). The van der Waals surface area contributed by atoms with E-state index in [9.17, 15) is 13.6 Å². The molecule has 3 nitrogen and oxygen atoms in total. The van der Waals surface area contributed by atoms with Gasteiger partial charge in [-0.25, -0.2) is 0 Å². The average Bonchev–Trinajstić information content (AvgIpc) is 2.50. The van der Waals surface area contributed by atoms with Crippen LogP contribution in [0.15, 0.2) is 47.4 Å². The van der Waals surface area contributed by atoms with Gasteiger partial charge in [-0.3, -0.25) is 4.79 Å². The Kier molecular flexibility index (Phi) is 5.98. The Balaban J connectivity index is 1.96. The molecule has 0 fully saturated rings. The molecule has 122 valence electrons. The summed E-state index contributed by atoms with van der Waals surface area (Å²) < 4.78 is 30.4. The molecule has 0 aliphatic carbocycles. The van der Waals surface area contributed by atoms with Gasteiger partial charge in [0, 0.05) is 4.90 Å². The molecule has 6 heteroatoms. The fourth-order valence-corrected chi connectivity index (χ4v) is 2.50. The second kappa shape index (κ2) is 7.97. The fraction of sp³-hybridized carbons (Fsp3) is 0.235.